The molecule has 1 aromatic carbocycles. The molecular formula is C26H35FN2O2. The predicted octanol–water partition coefficient (Wildman–Crippen LogP) is 6.37. The highest BCUT2D eigenvalue weighted by molar-refractivity contribution is 5.88. The van der Waals surface area contributed by atoms with E-state index in [4.69, 9.17) is 4.74 Å². The molecule has 2 aromatic rings. The molecule has 0 unspecified atom stereocenters. The van der Waals surface area contributed by atoms with Gasteiger partial charge in [0.05, 0.1) is 12.1 Å². The number of para-hydroxylation sites is 1. The molecule has 5 heteroatoms. The summed E-state index contributed by atoms with van der Waals surface area (Å²) in [6, 6.07) is 8.92. The van der Waals surface area contributed by atoms with Crippen molar-refractivity contribution in [3.05, 3.63) is 60.0 Å². The zero-order chi connectivity index (χ0) is 22.5. The first-order chi connectivity index (χ1) is 15.0. The zero-order valence-electron chi connectivity index (χ0n) is 19.0. The highest BCUT2D eigenvalue weighted by atomic mass is 19.1. The highest BCUT2D eigenvalue weighted by Crippen LogP contribution is 2.21. The first-order valence-corrected chi connectivity index (χ1v) is 11.3. The van der Waals surface area contributed by atoms with Crippen LogP contribution in [0.2, 0.25) is 0 Å². The monoisotopic (exact) mass is 426 g/mol. The number of benzene rings is 1. The van der Waals surface area contributed by atoms with Gasteiger partial charge in [-0.05, 0) is 49.8 Å². The Kier molecular flexibility index (Phi) is 10.8. The molecule has 1 N–H and O–H groups in total. The molecule has 0 saturated carbocycles. The maximum Gasteiger partial charge on any atom is 0.250 e. The summed E-state index contributed by atoms with van der Waals surface area (Å²) in [6.07, 6.45) is 12.1. The Morgan fingerprint density at radius 3 is 2.71 bits per heavy atom. The number of carbonyl (C=O) groups is 1. The van der Waals surface area contributed by atoms with Gasteiger partial charge in [0.15, 0.2) is 5.82 Å². The smallest absolute Gasteiger partial charge is 0.250 e. The Morgan fingerprint density at radius 2 is 1.90 bits per heavy atom. The summed E-state index contributed by atoms with van der Waals surface area (Å²) in [4.78, 5) is 16.0. The van der Waals surface area contributed by atoms with Gasteiger partial charge < -0.3 is 10.1 Å². The zero-order valence-corrected chi connectivity index (χ0v) is 19.0. The number of nitrogens with zero attached hydrogens (tertiary/aromatic N) is 1. The fraction of sp³-hybridized carbons (Fsp3) is 0.462. The Balaban J connectivity index is 1.54. The second-order valence-electron chi connectivity index (χ2n) is 8.30. The quantitative estimate of drug-likeness (QED) is 0.230. The average Bonchev–Trinajstić information content (AvgIpc) is 2.73. The summed E-state index contributed by atoms with van der Waals surface area (Å²) >= 11 is 0. The molecule has 0 fully saturated rings. The van der Waals surface area contributed by atoms with E-state index in [1.54, 1.807) is 6.08 Å². The van der Waals surface area contributed by atoms with Crippen molar-refractivity contribution in [3.8, 4) is 5.88 Å². The first-order valence-electron chi connectivity index (χ1n) is 11.3. The summed E-state index contributed by atoms with van der Waals surface area (Å²) in [5, 5.41) is 3.66. The van der Waals surface area contributed by atoms with E-state index in [1.807, 2.05) is 37.3 Å². The molecule has 0 aliphatic heterocycles. The minimum atomic E-state index is -0.410. The number of halogens is 1. The van der Waals surface area contributed by atoms with E-state index < -0.39 is 5.82 Å². The topological polar surface area (TPSA) is 51.2 Å². The molecule has 0 aliphatic rings. The van der Waals surface area contributed by atoms with Crippen LogP contribution >= 0.6 is 0 Å². The van der Waals surface area contributed by atoms with E-state index in [0.717, 1.165) is 55.0 Å². The fourth-order valence-electron chi connectivity index (χ4n) is 3.12. The van der Waals surface area contributed by atoms with Crippen LogP contribution in [-0.2, 0) is 4.79 Å². The van der Waals surface area contributed by atoms with Gasteiger partial charge in [-0.2, -0.15) is 0 Å². The fourth-order valence-corrected chi connectivity index (χ4v) is 3.12. The van der Waals surface area contributed by atoms with Crippen molar-refractivity contribution in [3.63, 3.8) is 0 Å². The van der Waals surface area contributed by atoms with Crippen LogP contribution in [0.4, 0.5) is 4.39 Å². The van der Waals surface area contributed by atoms with Gasteiger partial charge in [-0.25, -0.2) is 9.37 Å². The van der Waals surface area contributed by atoms with Crippen LogP contribution < -0.4 is 10.1 Å². The summed E-state index contributed by atoms with van der Waals surface area (Å²) in [5.41, 5.74) is 1.71. The number of aromatic nitrogens is 1. The van der Waals surface area contributed by atoms with Crippen LogP contribution in [0.15, 0.2) is 54.1 Å². The third-order valence-corrected chi connectivity index (χ3v) is 4.82. The summed E-state index contributed by atoms with van der Waals surface area (Å²) in [5.74, 6) is 0.102. The lowest BCUT2D eigenvalue weighted by molar-refractivity contribution is -0.116. The predicted molar refractivity (Wildman–Crippen MR) is 126 cm³/mol. The van der Waals surface area contributed by atoms with Gasteiger partial charge in [-0.1, -0.05) is 63.5 Å². The van der Waals surface area contributed by atoms with Crippen molar-refractivity contribution in [2.75, 3.05) is 13.2 Å². The van der Waals surface area contributed by atoms with Crippen molar-refractivity contribution >= 4 is 16.8 Å². The van der Waals surface area contributed by atoms with Gasteiger partial charge in [0.2, 0.25) is 5.91 Å². The number of carbonyl (C=O) groups excluding carboxylic acids is 1. The lowest BCUT2D eigenvalue weighted by Crippen LogP contribution is -2.25. The number of nitrogens with one attached hydrogen (secondary N) is 1. The number of pyridine rings is 1. The third kappa shape index (κ3) is 9.77. The van der Waals surface area contributed by atoms with Gasteiger partial charge in [0.25, 0.3) is 5.88 Å². The first kappa shape index (κ1) is 24.6. The van der Waals surface area contributed by atoms with Gasteiger partial charge >= 0.3 is 0 Å². The number of ether oxygens (including phenoxy) is 1. The van der Waals surface area contributed by atoms with Crippen molar-refractivity contribution in [1.29, 1.82) is 0 Å². The minimum Gasteiger partial charge on any atom is -0.476 e. The molecule has 0 spiro atoms. The Morgan fingerprint density at radius 1 is 1.16 bits per heavy atom. The molecule has 0 atom stereocenters. The second-order valence-corrected chi connectivity index (χ2v) is 8.30. The molecule has 1 heterocycles. The molecule has 168 valence electrons. The van der Waals surface area contributed by atoms with Crippen LogP contribution in [0, 0.1) is 11.7 Å². The van der Waals surface area contributed by atoms with Crippen molar-refractivity contribution in [1.82, 2.24) is 10.3 Å². The number of rotatable bonds is 13. The van der Waals surface area contributed by atoms with Crippen LogP contribution in [0.5, 0.6) is 5.88 Å². The van der Waals surface area contributed by atoms with E-state index in [2.05, 4.69) is 30.2 Å². The Bertz CT molecular complexity index is 890. The van der Waals surface area contributed by atoms with E-state index >= 15 is 0 Å². The highest BCUT2D eigenvalue weighted by Gasteiger charge is 2.07. The van der Waals surface area contributed by atoms with E-state index in [-0.39, 0.29) is 11.8 Å². The summed E-state index contributed by atoms with van der Waals surface area (Å²) < 4.78 is 19.6. The van der Waals surface area contributed by atoms with Crippen molar-refractivity contribution < 1.29 is 13.9 Å². The maximum atomic E-state index is 14.0. The second kappa shape index (κ2) is 13.6. The van der Waals surface area contributed by atoms with Crippen LogP contribution in [0.3, 0.4) is 0 Å². The Labute approximate surface area is 185 Å². The maximum absolute atomic E-state index is 14.0. The number of hydrogen-bond acceptors (Lipinski definition) is 3. The lowest BCUT2D eigenvalue weighted by Gasteiger charge is -2.07. The molecule has 2 rings (SSSR count). The molecule has 0 aliphatic carbocycles. The molecule has 0 saturated heterocycles. The normalized spacial score (nSPS) is 12.1. The Hall–Kier alpha value is -2.69. The number of amides is 1. The van der Waals surface area contributed by atoms with Gasteiger partial charge in [0.1, 0.15) is 0 Å². The molecule has 0 bridgehead atoms. The van der Waals surface area contributed by atoms with Crippen molar-refractivity contribution in [2.45, 2.75) is 59.3 Å². The molecule has 1 aromatic heterocycles. The largest absolute Gasteiger partial charge is 0.476 e. The summed E-state index contributed by atoms with van der Waals surface area (Å²) in [6.45, 7) is 7.27. The van der Waals surface area contributed by atoms with Gasteiger partial charge in [0, 0.05) is 18.0 Å². The van der Waals surface area contributed by atoms with E-state index in [1.165, 1.54) is 6.07 Å². The van der Waals surface area contributed by atoms with Crippen LogP contribution in [-0.4, -0.2) is 24.0 Å². The third-order valence-electron chi connectivity index (χ3n) is 4.82. The molecule has 0 radical (unpaired) electrons. The SMILES string of the molecule is CC(/C=C/CCCCCCCOc1nc2ccccc2cc1F)=C\C(=O)NCC(C)C. The molecule has 31 heavy (non-hydrogen) atoms. The number of hydrogen-bond donors (Lipinski definition) is 1. The van der Waals surface area contributed by atoms with Gasteiger partial charge in [-0.15, -0.1) is 0 Å². The van der Waals surface area contributed by atoms with E-state index in [9.17, 15) is 9.18 Å². The molecule has 4 nitrogen and oxygen atoms in total. The van der Waals surface area contributed by atoms with Crippen LogP contribution in [0.1, 0.15) is 59.3 Å². The standard InChI is InChI=1S/C26H35FN2O2/c1-20(2)19-28-25(30)17-21(3)13-9-7-5-4-6-8-12-16-31-26-23(27)18-22-14-10-11-15-24(22)29-26/h9-11,13-15,17-18,20H,4-8,12,16,19H2,1-3H3,(H,28,30)/b13-9+,21-17+. The molecule has 1 amide bonds. The van der Waals surface area contributed by atoms with Crippen molar-refractivity contribution in [2.24, 2.45) is 5.92 Å². The summed E-state index contributed by atoms with van der Waals surface area (Å²) in [7, 11) is 0. The van der Waals surface area contributed by atoms with E-state index in [0.29, 0.717) is 19.1 Å². The molecular weight excluding hydrogens is 391 g/mol. The van der Waals surface area contributed by atoms with Crippen LogP contribution in [0.25, 0.3) is 10.9 Å². The number of unbranched alkanes of at least 4 members (excludes halogenated alkanes) is 5. The minimum absolute atomic E-state index is 0.0307. The number of allylic oxidation sites excluding steroid dienone is 3. The lowest BCUT2D eigenvalue weighted by atomic mass is 10.1. The average molecular weight is 427 g/mol. The van der Waals surface area contributed by atoms with Gasteiger partial charge in [-0.3, -0.25) is 4.79 Å². The number of fused-ring (bicyclic) bond motifs is 1.